The summed E-state index contributed by atoms with van der Waals surface area (Å²) in [6.45, 7) is 3.07. The van der Waals surface area contributed by atoms with Gasteiger partial charge in [0, 0.05) is 18.7 Å². The van der Waals surface area contributed by atoms with E-state index >= 15 is 0 Å². The van der Waals surface area contributed by atoms with E-state index in [9.17, 15) is 9.59 Å². The quantitative estimate of drug-likeness (QED) is 0.517. The van der Waals surface area contributed by atoms with E-state index in [1.165, 1.54) is 6.92 Å². The molecule has 2 aromatic heterocycles. The monoisotopic (exact) mass is 358 g/mol. The van der Waals surface area contributed by atoms with Gasteiger partial charge in [-0.1, -0.05) is 28.9 Å². The van der Waals surface area contributed by atoms with Gasteiger partial charge >= 0.3 is 5.97 Å². The summed E-state index contributed by atoms with van der Waals surface area (Å²) in [5.41, 5.74) is 0.955. The van der Waals surface area contributed by atoms with E-state index in [1.54, 1.807) is 29.7 Å². The lowest BCUT2D eigenvalue weighted by atomic mass is 10.1. The maximum Gasteiger partial charge on any atom is 0.303 e. The molecular weight excluding hydrogens is 344 g/mol. The molecule has 0 unspecified atom stereocenters. The Morgan fingerprint density at radius 2 is 2.16 bits per heavy atom. The number of rotatable bonds is 2. The van der Waals surface area contributed by atoms with Crippen molar-refractivity contribution < 1.29 is 14.1 Å². The van der Waals surface area contributed by atoms with Gasteiger partial charge in [-0.2, -0.15) is 0 Å². The zero-order valence-corrected chi connectivity index (χ0v) is 14.4. The number of pyridine rings is 1. The smallest absolute Gasteiger partial charge is 0.303 e. The summed E-state index contributed by atoms with van der Waals surface area (Å²) in [6.07, 6.45) is 3.84. The van der Waals surface area contributed by atoms with E-state index < -0.39 is 0 Å². The summed E-state index contributed by atoms with van der Waals surface area (Å²) in [5.74, 6) is 0.106. The molecule has 1 aliphatic rings. The number of hydrogen-bond acceptors (Lipinski definition) is 5. The highest BCUT2D eigenvalue weighted by molar-refractivity contribution is 6.37. The Bertz CT molecular complexity index is 1100. The molecule has 128 valence electrons. The van der Waals surface area contributed by atoms with Gasteiger partial charge in [-0.05, 0) is 25.1 Å². The Morgan fingerprint density at radius 1 is 1.36 bits per heavy atom. The number of hydrogen-bond donors (Lipinski definition) is 0. The zero-order chi connectivity index (χ0) is 17.7. The number of fused-ring (bicyclic) bond motifs is 3. The van der Waals surface area contributed by atoms with Crippen molar-refractivity contribution in [1.82, 2.24) is 9.72 Å². The first-order valence-electron chi connectivity index (χ1n) is 7.91. The molecule has 0 saturated heterocycles. The van der Waals surface area contributed by atoms with Crippen molar-refractivity contribution in [3.05, 3.63) is 51.5 Å². The predicted octanol–water partition coefficient (Wildman–Crippen LogP) is 3.54. The maximum absolute atomic E-state index is 13.1. The van der Waals surface area contributed by atoms with Crippen molar-refractivity contribution in [2.24, 2.45) is 0 Å². The molecule has 0 amide bonds. The fraction of sp³-hybridized carbons (Fsp3) is 0.278. The number of ether oxygens (including phenoxy) is 1. The van der Waals surface area contributed by atoms with Crippen molar-refractivity contribution in [2.75, 3.05) is 0 Å². The van der Waals surface area contributed by atoms with Gasteiger partial charge < -0.3 is 13.8 Å². The number of halogens is 1. The van der Waals surface area contributed by atoms with Gasteiger partial charge in [0.05, 0.1) is 16.6 Å². The summed E-state index contributed by atoms with van der Waals surface area (Å²) < 4.78 is 12.2. The lowest BCUT2D eigenvalue weighted by Gasteiger charge is -2.18. The van der Waals surface area contributed by atoms with Crippen molar-refractivity contribution in [3.63, 3.8) is 0 Å². The molecule has 0 N–H and O–H groups in total. The van der Waals surface area contributed by atoms with Gasteiger partial charge in [0.15, 0.2) is 0 Å². The van der Waals surface area contributed by atoms with E-state index in [1.807, 2.05) is 12.1 Å². The number of carbonyl (C=O) groups is 1. The Morgan fingerprint density at radius 3 is 2.92 bits per heavy atom. The molecule has 3 aromatic rings. The highest BCUT2D eigenvalue weighted by Crippen LogP contribution is 2.34. The number of nitrogens with zero attached hydrogens (tertiary/aromatic N) is 2. The number of benzene rings is 1. The molecule has 0 bridgehead atoms. The van der Waals surface area contributed by atoms with E-state index in [-0.39, 0.29) is 23.7 Å². The van der Waals surface area contributed by atoms with Crippen LogP contribution in [0.2, 0.25) is 5.02 Å². The van der Waals surface area contributed by atoms with Crippen molar-refractivity contribution in [1.29, 1.82) is 0 Å². The number of esters is 1. The first kappa shape index (κ1) is 15.9. The molecule has 1 aromatic carbocycles. The third kappa shape index (κ3) is 2.44. The first-order valence-corrected chi connectivity index (χ1v) is 8.29. The molecule has 0 aliphatic heterocycles. The van der Waals surface area contributed by atoms with E-state index in [0.717, 1.165) is 0 Å². The molecule has 4 rings (SSSR count). The van der Waals surface area contributed by atoms with Crippen LogP contribution in [0.25, 0.3) is 21.8 Å². The summed E-state index contributed by atoms with van der Waals surface area (Å²) in [5, 5.41) is 5.63. The second kappa shape index (κ2) is 5.74. The third-order valence-corrected chi connectivity index (χ3v) is 4.77. The largest absolute Gasteiger partial charge is 0.458 e. The van der Waals surface area contributed by atoms with Crippen LogP contribution in [0.3, 0.4) is 0 Å². The molecule has 0 fully saturated rings. The standard InChI is InChI=1S/C18H15ClN2O4/c1-9-15-17(20-25-9)16-13(19)4-3-5-14(16)21(18(15)23)11-6-7-12(8-11)24-10(2)22/h3-7,11-12H,8H2,1-2H3/t11-,12+/m0/s1. The number of aromatic nitrogens is 2. The van der Waals surface area contributed by atoms with Crippen molar-refractivity contribution in [3.8, 4) is 0 Å². The summed E-state index contributed by atoms with van der Waals surface area (Å²) >= 11 is 6.39. The van der Waals surface area contributed by atoms with Crippen LogP contribution in [0, 0.1) is 6.92 Å². The molecule has 0 radical (unpaired) electrons. The van der Waals surface area contributed by atoms with Gasteiger partial charge in [0.2, 0.25) is 0 Å². The molecule has 7 heteroatoms. The normalized spacial score (nSPS) is 19.8. The molecule has 0 saturated carbocycles. The summed E-state index contributed by atoms with van der Waals surface area (Å²) in [6, 6.07) is 5.14. The zero-order valence-electron chi connectivity index (χ0n) is 13.7. The molecule has 6 nitrogen and oxygen atoms in total. The van der Waals surface area contributed by atoms with Gasteiger partial charge in [-0.3, -0.25) is 9.59 Å². The number of aryl methyl sites for hydroxylation is 1. The van der Waals surface area contributed by atoms with Crippen molar-refractivity contribution in [2.45, 2.75) is 32.4 Å². The lowest BCUT2D eigenvalue weighted by Crippen LogP contribution is -2.25. The average molecular weight is 359 g/mol. The fourth-order valence-corrected chi connectivity index (χ4v) is 3.70. The van der Waals surface area contributed by atoms with Gasteiger partial charge in [-0.25, -0.2) is 0 Å². The summed E-state index contributed by atoms with van der Waals surface area (Å²) in [4.78, 5) is 24.3. The van der Waals surface area contributed by atoms with Crippen LogP contribution in [0.15, 0.2) is 39.7 Å². The second-order valence-corrected chi connectivity index (χ2v) is 6.51. The van der Waals surface area contributed by atoms with Crippen LogP contribution in [-0.4, -0.2) is 21.8 Å². The van der Waals surface area contributed by atoms with Crippen LogP contribution < -0.4 is 5.56 Å². The Hall–Kier alpha value is -2.60. The van der Waals surface area contributed by atoms with Crippen LogP contribution >= 0.6 is 11.6 Å². The molecule has 0 spiro atoms. The average Bonchev–Trinajstić information content (AvgIpc) is 3.14. The third-order valence-electron chi connectivity index (χ3n) is 4.45. The predicted molar refractivity (Wildman–Crippen MR) is 93.9 cm³/mol. The minimum atomic E-state index is -0.346. The molecule has 25 heavy (non-hydrogen) atoms. The van der Waals surface area contributed by atoms with Crippen LogP contribution in [0.1, 0.15) is 25.1 Å². The highest BCUT2D eigenvalue weighted by atomic mass is 35.5. The highest BCUT2D eigenvalue weighted by Gasteiger charge is 2.27. The van der Waals surface area contributed by atoms with Crippen LogP contribution in [0.5, 0.6) is 0 Å². The second-order valence-electron chi connectivity index (χ2n) is 6.11. The number of carbonyl (C=O) groups excluding carboxylic acids is 1. The Balaban J connectivity index is 1.97. The molecular formula is C18H15ClN2O4. The Kier molecular flexibility index (Phi) is 3.65. The van der Waals surface area contributed by atoms with Gasteiger partial charge in [0.25, 0.3) is 5.56 Å². The van der Waals surface area contributed by atoms with E-state index in [4.69, 9.17) is 20.9 Å². The minimum Gasteiger partial charge on any atom is -0.458 e. The Labute approximate surface area is 147 Å². The maximum atomic E-state index is 13.1. The molecule has 2 atom stereocenters. The van der Waals surface area contributed by atoms with Crippen LogP contribution in [0.4, 0.5) is 0 Å². The SMILES string of the molecule is CC(=O)O[C@@H]1C=C[C@H](n2c(=O)c3c(C)onc3c3c(Cl)cccc32)C1. The van der Waals surface area contributed by atoms with Crippen LogP contribution in [-0.2, 0) is 9.53 Å². The minimum absolute atomic E-state index is 0.193. The van der Waals surface area contributed by atoms with Gasteiger partial charge in [0.1, 0.15) is 22.8 Å². The number of allylic oxidation sites excluding steroid dienone is 1. The van der Waals surface area contributed by atoms with E-state index in [2.05, 4.69) is 5.16 Å². The molecule has 2 heterocycles. The molecule has 1 aliphatic carbocycles. The fourth-order valence-electron chi connectivity index (χ4n) is 3.44. The summed E-state index contributed by atoms with van der Waals surface area (Å²) in [7, 11) is 0. The first-order chi connectivity index (χ1) is 12.0. The van der Waals surface area contributed by atoms with E-state index in [0.29, 0.717) is 39.0 Å². The lowest BCUT2D eigenvalue weighted by molar-refractivity contribution is -0.144. The van der Waals surface area contributed by atoms with Crippen molar-refractivity contribution >= 4 is 39.4 Å². The topological polar surface area (TPSA) is 74.3 Å². The van der Waals surface area contributed by atoms with Gasteiger partial charge in [-0.15, -0.1) is 0 Å².